The topological polar surface area (TPSA) is 24.9 Å². The van der Waals surface area contributed by atoms with Gasteiger partial charge in [-0.25, -0.2) is 9.37 Å². The molecule has 0 aliphatic rings. The smallest absolute Gasteiger partial charge is 0.154 e. The van der Waals surface area contributed by atoms with Crippen molar-refractivity contribution in [1.82, 2.24) is 10.3 Å². The van der Waals surface area contributed by atoms with E-state index >= 15 is 0 Å². The third-order valence-electron chi connectivity index (χ3n) is 2.61. The SMILES string of the molecule is Cc1csc(Sc2ccc(CNC(C)(C)C)cc2F)n1. The second-order valence-corrected chi connectivity index (χ2v) is 7.87. The van der Waals surface area contributed by atoms with E-state index in [2.05, 4.69) is 31.1 Å². The van der Waals surface area contributed by atoms with Gasteiger partial charge in [-0.1, -0.05) is 17.8 Å². The van der Waals surface area contributed by atoms with Crippen LogP contribution in [0.2, 0.25) is 0 Å². The summed E-state index contributed by atoms with van der Waals surface area (Å²) in [4.78, 5) is 4.96. The van der Waals surface area contributed by atoms with Gasteiger partial charge in [0.05, 0.1) is 4.90 Å². The molecule has 2 nitrogen and oxygen atoms in total. The van der Waals surface area contributed by atoms with Crippen molar-refractivity contribution in [3.05, 3.63) is 40.7 Å². The van der Waals surface area contributed by atoms with Crippen LogP contribution in [0.25, 0.3) is 0 Å². The van der Waals surface area contributed by atoms with Crippen LogP contribution in [0.5, 0.6) is 0 Å². The highest BCUT2D eigenvalue weighted by Crippen LogP contribution is 2.32. The van der Waals surface area contributed by atoms with Crippen LogP contribution < -0.4 is 5.32 Å². The molecule has 0 atom stereocenters. The zero-order chi connectivity index (χ0) is 14.8. The zero-order valence-electron chi connectivity index (χ0n) is 12.2. The molecule has 0 saturated heterocycles. The van der Waals surface area contributed by atoms with Gasteiger partial charge in [0.25, 0.3) is 0 Å². The summed E-state index contributed by atoms with van der Waals surface area (Å²) in [5, 5.41) is 5.33. The van der Waals surface area contributed by atoms with E-state index < -0.39 is 0 Å². The van der Waals surface area contributed by atoms with E-state index in [9.17, 15) is 4.39 Å². The summed E-state index contributed by atoms with van der Waals surface area (Å²) < 4.78 is 15.0. The highest BCUT2D eigenvalue weighted by Gasteiger charge is 2.11. The van der Waals surface area contributed by atoms with Gasteiger partial charge < -0.3 is 5.32 Å². The average Bonchev–Trinajstić information content (AvgIpc) is 2.74. The van der Waals surface area contributed by atoms with Crippen molar-refractivity contribution in [3.8, 4) is 0 Å². The molecule has 0 aliphatic heterocycles. The van der Waals surface area contributed by atoms with E-state index in [1.54, 1.807) is 17.4 Å². The molecule has 0 fully saturated rings. The maximum absolute atomic E-state index is 14.1. The molecule has 0 saturated carbocycles. The maximum Gasteiger partial charge on any atom is 0.154 e. The van der Waals surface area contributed by atoms with Crippen LogP contribution in [-0.4, -0.2) is 10.5 Å². The molecule has 5 heteroatoms. The Morgan fingerprint density at radius 1 is 1.35 bits per heavy atom. The number of nitrogens with zero attached hydrogens (tertiary/aromatic N) is 1. The number of nitrogens with one attached hydrogen (secondary N) is 1. The number of hydrogen-bond acceptors (Lipinski definition) is 4. The lowest BCUT2D eigenvalue weighted by atomic mass is 10.1. The van der Waals surface area contributed by atoms with Crippen molar-refractivity contribution >= 4 is 23.1 Å². The summed E-state index contributed by atoms with van der Waals surface area (Å²) in [6.07, 6.45) is 0. The Balaban J connectivity index is 2.06. The summed E-state index contributed by atoms with van der Waals surface area (Å²) in [7, 11) is 0. The van der Waals surface area contributed by atoms with Crippen LogP contribution in [0.15, 0.2) is 32.8 Å². The van der Waals surface area contributed by atoms with Gasteiger partial charge in [-0.15, -0.1) is 11.3 Å². The Morgan fingerprint density at radius 2 is 2.10 bits per heavy atom. The van der Waals surface area contributed by atoms with E-state index in [0.717, 1.165) is 15.6 Å². The summed E-state index contributed by atoms with van der Waals surface area (Å²) in [6, 6.07) is 5.39. The minimum Gasteiger partial charge on any atom is -0.308 e. The van der Waals surface area contributed by atoms with Crippen LogP contribution in [0.3, 0.4) is 0 Å². The van der Waals surface area contributed by atoms with Crippen molar-refractivity contribution in [2.45, 2.75) is 49.0 Å². The Morgan fingerprint density at radius 3 is 2.65 bits per heavy atom. The van der Waals surface area contributed by atoms with Crippen LogP contribution >= 0.6 is 23.1 Å². The zero-order valence-corrected chi connectivity index (χ0v) is 13.8. The lowest BCUT2D eigenvalue weighted by Gasteiger charge is -2.20. The molecule has 0 spiro atoms. The average molecular weight is 310 g/mol. The number of rotatable bonds is 4. The lowest BCUT2D eigenvalue weighted by molar-refractivity contribution is 0.423. The fraction of sp³-hybridized carbons (Fsp3) is 0.400. The molecule has 0 amide bonds. The van der Waals surface area contributed by atoms with Gasteiger partial charge in [0.2, 0.25) is 0 Å². The number of thiazole rings is 1. The number of aromatic nitrogens is 1. The lowest BCUT2D eigenvalue weighted by Crippen LogP contribution is -2.35. The summed E-state index contributed by atoms with van der Waals surface area (Å²) in [6.45, 7) is 8.90. The Kier molecular flexibility index (Phi) is 4.83. The van der Waals surface area contributed by atoms with Crippen molar-refractivity contribution in [3.63, 3.8) is 0 Å². The first-order valence-electron chi connectivity index (χ1n) is 6.47. The largest absolute Gasteiger partial charge is 0.308 e. The molecule has 2 rings (SSSR count). The highest BCUT2D eigenvalue weighted by atomic mass is 32.2. The van der Waals surface area contributed by atoms with Crippen LogP contribution in [-0.2, 0) is 6.54 Å². The predicted octanol–water partition coefficient (Wildman–Crippen LogP) is 4.63. The molecule has 108 valence electrons. The van der Waals surface area contributed by atoms with Gasteiger partial charge in [0, 0.05) is 23.2 Å². The number of aryl methyl sites for hydroxylation is 1. The minimum atomic E-state index is -0.184. The first-order valence-corrected chi connectivity index (χ1v) is 8.16. The van der Waals surface area contributed by atoms with Gasteiger partial charge in [-0.2, -0.15) is 0 Å². The number of benzene rings is 1. The van der Waals surface area contributed by atoms with Crippen molar-refractivity contribution in [2.75, 3.05) is 0 Å². The summed E-state index contributed by atoms with van der Waals surface area (Å²) >= 11 is 2.92. The molecule has 2 aromatic rings. The van der Waals surface area contributed by atoms with E-state index in [0.29, 0.717) is 11.4 Å². The molecule has 0 aliphatic carbocycles. The molecular weight excluding hydrogens is 291 g/mol. The minimum absolute atomic E-state index is 0.0301. The molecule has 1 aromatic carbocycles. The highest BCUT2D eigenvalue weighted by molar-refractivity contribution is 8.01. The Bertz CT molecular complexity index is 588. The molecule has 1 N–H and O–H groups in total. The van der Waals surface area contributed by atoms with Crippen LogP contribution in [0, 0.1) is 12.7 Å². The molecule has 1 aromatic heterocycles. The molecule has 20 heavy (non-hydrogen) atoms. The second-order valence-electron chi connectivity index (χ2n) is 5.73. The Labute approximate surface area is 127 Å². The molecule has 0 bridgehead atoms. The summed E-state index contributed by atoms with van der Waals surface area (Å²) in [5.74, 6) is -0.184. The monoisotopic (exact) mass is 310 g/mol. The van der Waals surface area contributed by atoms with Crippen molar-refractivity contribution in [1.29, 1.82) is 0 Å². The van der Waals surface area contributed by atoms with E-state index in [1.807, 2.05) is 24.4 Å². The molecule has 0 unspecified atom stereocenters. The van der Waals surface area contributed by atoms with Gasteiger partial charge >= 0.3 is 0 Å². The molecule has 1 heterocycles. The van der Waals surface area contributed by atoms with E-state index in [1.165, 1.54) is 11.8 Å². The maximum atomic E-state index is 14.1. The normalized spacial score (nSPS) is 11.8. The molecular formula is C15H19FN2S2. The van der Waals surface area contributed by atoms with Gasteiger partial charge in [-0.3, -0.25) is 0 Å². The quantitative estimate of drug-likeness (QED) is 0.891. The first kappa shape index (κ1) is 15.5. The fourth-order valence-electron chi connectivity index (χ4n) is 1.58. The van der Waals surface area contributed by atoms with Crippen molar-refractivity contribution < 1.29 is 4.39 Å². The third-order valence-corrected chi connectivity index (χ3v) is 4.72. The Hall–Kier alpha value is -0.910. The van der Waals surface area contributed by atoms with E-state index in [4.69, 9.17) is 0 Å². The first-order chi connectivity index (χ1) is 9.33. The van der Waals surface area contributed by atoms with Gasteiger partial charge in [0.15, 0.2) is 4.34 Å². The third kappa shape index (κ3) is 4.58. The standard InChI is InChI=1S/C15H19FN2S2/c1-10-9-19-14(18-10)20-13-6-5-11(7-12(13)16)8-17-15(2,3)4/h5-7,9,17H,8H2,1-4H3. The van der Waals surface area contributed by atoms with Gasteiger partial charge in [-0.05, 0) is 45.4 Å². The number of halogens is 1. The van der Waals surface area contributed by atoms with Crippen LogP contribution in [0.4, 0.5) is 4.39 Å². The van der Waals surface area contributed by atoms with Gasteiger partial charge in [0.1, 0.15) is 5.82 Å². The van der Waals surface area contributed by atoms with E-state index in [-0.39, 0.29) is 11.4 Å². The number of hydrogen-bond donors (Lipinski definition) is 1. The van der Waals surface area contributed by atoms with Crippen LogP contribution in [0.1, 0.15) is 32.0 Å². The summed E-state index contributed by atoms with van der Waals surface area (Å²) in [5.41, 5.74) is 1.96. The predicted molar refractivity (Wildman–Crippen MR) is 84.0 cm³/mol. The van der Waals surface area contributed by atoms with Crippen molar-refractivity contribution in [2.24, 2.45) is 0 Å². The second kappa shape index (κ2) is 6.24. The fourth-order valence-corrected chi connectivity index (χ4v) is 3.37. The molecule has 0 radical (unpaired) electrons.